The SMILES string of the molecule is C[C@H](N)c1ccc(O[C@@H]2CCN(c3ncnc(OCC(C)(F)F)c3F)C2)cc1. The summed E-state index contributed by atoms with van der Waals surface area (Å²) in [6.45, 7) is 2.56. The minimum absolute atomic E-state index is 0.0165. The lowest BCUT2D eigenvalue weighted by molar-refractivity contribution is -0.0253. The number of rotatable bonds is 7. The van der Waals surface area contributed by atoms with Crippen molar-refractivity contribution < 1.29 is 22.6 Å². The van der Waals surface area contributed by atoms with Gasteiger partial charge in [-0.05, 0) is 24.6 Å². The molecule has 1 aromatic heterocycles. The van der Waals surface area contributed by atoms with E-state index in [1.165, 1.54) is 0 Å². The molecule has 9 heteroatoms. The number of alkyl halides is 2. The molecule has 0 spiro atoms. The van der Waals surface area contributed by atoms with Crippen LogP contribution in [0.3, 0.4) is 0 Å². The quantitative estimate of drug-likeness (QED) is 0.774. The molecule has 2 heterocycles. The van der Waals surface area contributed by atoms with Crippen LogP contribution in [0.5, 0.6) is 11.6 Å². The fourth-order valence-corrected chi connectivity index (χ4v) is 2.92. The van der Waals surface area contributed by atoms with Crippen LogP contribution in [0.4, 0.5) is 19.0 Å². The van der Waals surface area contributed by atoms with Gasteiger partial charge in [0.25, 0.3) is 11.8 Å². The van der Waals surface area contributed by atoms with E-state index >= 15 is 0 Å². The van der Waals surface area contributed by atoms with Gasteiger partial charge in [0.2, 0.25) is 5.82 Å². The van der Waals surface area contributed by atoms with Crippen molar-refractivity contribution in [2.45, 2.75) is 38.3 Å². The van der Waals surface area contributed by atoms with E-state index in [1.807, 2.05) is 31.2 Å². The van der Waals surface area contributed by atoms with Gasteiger partial charge < -0.3 is 20.1 Å². The highest BCUT2D eigenvalue weighted by atomic mass is 19.3. The van der Waals surface area contributed by atoms with Crippen LogP contribution >= 0.6 is 0 Å². The fraction of sp³-hybridized carbons (Fsp3) is 0.474. The Hall–Kier alpha value is -2.55. The summed E-state index contributed by atoms with van der Waals surface area (Å²) in [7, 11) is 0. The molecule has 2 atom stereocenters. The van der Waals surface area contributed by atoms with E-state index in [4.69, 9.17) is 15.2 Å². The van der Waals surface area contributed by atoms with Gasteiger partial charge in [-0.15, -0.1) is 0 Å². The summed E-state index contributed by atoms with van der Waals surface area (Å²) in [5, 5.41) is 0. The van der Waals surface area contributed by atoms with Crippen molar-refractivity contribution in [3.8, 4) is 11.6 Å². The molecule has 2 N–H and O–H groups in total. The largest absolute Gasteiger partial charge is 0.489 e. The highest BCUT2D eigenvalue weighted by molar-refractivity contribution is 5.44. The molecule has 1 aliphatic heterocycles. The number of hydrogen-bond donors (Lipinski definition) is 1. The third-order valence-corrected chi connectivity index (χ3v) is 4.35. The summed E-state index contributed by atoms with van der Waals surface area (Å²) < 4.78 is 51.2. The molecule has 1 aliphatic rings. The van der Waals surface area contributed by atoms with Crippen LogP contribution in [-0.2, 0) is 0 Å². The Morgan fingerprint density at radius 2 is 2.00 bits per heavy atom. The first kappa shape index (κ1) is 20.2. The second-order valence-corrected chi connectivity index (χ2v) is 7.01. The second kappa shape index (κ2) is 8.22. The molecule has 0 saturated carbocycles. The number of ether oxygens (including phenoxy) is 2. The maximum atomic E-state index is 14.6. The van der Waals surface area contributed by atoms with E-state index in [0.717, 1.165) is 11.9 Å². The normalized spacial score (nSPS) is 18.2. The molecule has 0 bridgehead atoms. The minimum Gasteiger partial charge on any atom is -0.489 e. The van der Waals surface area contributed by atoms with Crippen LogP contribution in [-0.4, -0.2) is 41.7 Å². The molecule has 3 rings (SSSR count). The van der Waals surface area contributed by atoms with Crippen molar-refractivity contribution in [3.63, 3.8) is 0 Å². The molecule has 6 nitrogen and oxygen atoms in total. The number of aromatic nitrogens is 2. The number of anilines is 1. The van der Waals surface area contributed by atoms with Crippen LogP contribution in [0.25, 0.3) is 0 Å². The van der Waals surface area contributed by atoms with E-state index < -0.39 is 24.2 Å². The number of halogens is 3. The van der Waals surface area contributed by atoms with E-state index in [0.29, 0.717) is 32.2 Å². The van der Waals surface area contributed by atoms with E-state index in [1.54, 1.807) is 4.90 Å². The Bertz CT molecular complexity index is 797. The van der Waals surface area contributed by atoms with Gasteiger partial charge in [0, 0.05) is 25.9 Å². The first-order valence-electron chi connectivity index (χ1n) is 9.01. The highest BCUT2D eigenvalue weighted by Gasteiger charge is 2.29. The predicted molar refractivity (Wildman–Crippen MR) is 98.4 cm³/mol. The molecule has 1 saturated heterocycles. The number of hydrogen-bond acceptors (Lipinski definition) is 6. The fourth-order valence-electron chi connectivity index (χ4n) is 2.92. The van der Waals surface area contributed by atoms with Gasteiger partial charge in [-0.25, -0.2) is 13.8 Å². The van der Waals surface area contributed by atoms with Gasteiger partial charge in [0.05, 0.1) is 6.54 Å². The smallest absolute Gasteiger partial charge is 0.278 e. The van der Waals surface area contributed by atoms with Crippen molar-refractivity contribution >= 4 is 5.82 Å². The third-order valence-electron chi connectivity index (χ3n) is 4.35. The van der Waals surface area contributed by atoms with E-state index in [-0.39, 0.29) is 18.0 Å². The Balaban J connectivity index is 1.63. The Morgan fingerprint density at radius 1 is 1.29 bits per heavy atom. The van der Waals surface area contributed by atoms with Gasteiger partial charge in [0.15, 0.2) is 12.4 Å². The molecule has 0 unspecified atom stereocenters. The van der Waals surface area contributed by atoms with Crippen molar-refractivity contribution in [2.75, 3.05) is 24.6 Å². The average molecular weight is 396 g/mol. The van der Waals surface area contributed by atoms with Crippen LogP contribution in [0.1, 0.15) is 31.9 Å². The van der Waals surface area contributed by atoms with Gasteiger partial charge in [0.1, 0.15) is 18.2 Å². The van der Waals surface area contributed by atoms with Crippen LogP contribution in [0.15, 0.2) is 30.6 Å². The zero-order valence-electron chi connectivity index (χ0n) is 15.7. The average Bonchev–Trinajstić information content (AvgIpc) is 3.09. The molecule has 0 amide bonds. The van der Waals surface area contributed by atoms with Crippen LogP contribution < -0.4 is 20.1 Å². The molecule has 1 fully saturated rings. The lowest BCUT2D eigenvalue weighted by Gasteiger charge is -2.19. The van der Waals surface area contributed by atoms with Crippen LogP contribution in [0, 0.1) is 5.82 Å². The van der Waals surface area contributed by atoms with E-state index in [9.17, 15) is 13.2 Å². The van der Waals surface area contributed by atoms with Gasteiger partial charge in [-0.3, -0.25) is 0 Å². The number of benzene rings is 1. The van der Waals surface area contributed by atoms with Gasteiger partial charge in [-0.1, -0.05) is 12.1 Å². The standard InChI is InChI=1S/C19H23F3N4O2/c1-12(23)13-3-5-14(6-4-13)28-15-7-8-26(9-15)17-16(20)18(25-11-24-17)27-10-19(2,21)22/h3-6,11-12,15H,7-10,23H2,1-2H3/t12-,15+/m0/s1. The highest BCUT2D eigenvalue weighted by Crippen LogP contribution is 2.28. The minimum atomic E-state index is -3.08. The third kappa shape index (κ3) is 5.03. The van der Waals surface area contributed by atoms with Crippen molar-refractivity contribution in [3.05, 3.63) is 42.0 Å². The van der Waals surface area contributed by atoms with Gasteiger partial charge in [-0.2, -0.15) is 9.37 Å². The molecular formula is C19H23F3N4O2. The number of nitrogens with two attached hydrogens (primary N) is 1. The second-order valence-electron chi connectivity index (χ2n) is 7.01. The molecule has 2 aromatic rings. The molecular weight excluding hydrogens is 373 g/mol. The van der Waals surface area contributed by atoms with Crippen molar-refractivity contribution in [2.24, 2.45) is 5.73 Å². The van der Waals surface area contributed by atoms with E-state index in [2.05, 4.69) is 9.97 Å². The summed E-state index contributed by atoms with van der Waals surface area (Å²) in [5.41, 5.74) is 6.84. The Morgan fingerprint density at radius 3 is 2.64 bits per heavy atom. The van der Waals surface area contributed by atoms with Crippen LogP contribution in [0.2, 0.25) is 0 Å². The summed E-state index contributed by atoms with van der Waals surface area (Å²) in [6, 6.07) is 7.46. The first-order valence-corrected chi connectivity index (χ1v) is 9.01. The summed E-state index contributed by atoms with van der Waals surface area (Å²) in [6.07, 6.45) is 1.62. The number of nitrogens with zero attached hydrogens (tertiary/aromatic N) is 3. The lowest BCUT2D eigenvalue weighted by Crippen LogP contribution is -2.27. The summed E-state index contributed by atoms with van der Waals surface area (Å²) in [5.74, 6) is -3.70. The summed E-state index contributed by atoms with van der Waals surface area (Å²) in [4.78, 5) is 9.24. The zero-order valence-corrected chi connectivity index (χ0v) is 15.7. The maximum Gasteiger partial charge on any atom is 0.278 e. The van der Waals surface area contributed by atoms with Crippen molar-refractivity contribution in [1.82, 2.24) is 9.97 Å². The molecule has 0 radical (unpaired) electrons. The van der Waals surface area contributed by atoms with Crippen molar-refractivity contribution in [1.29, 1.82) is 0 Å². The molecule has 152 valence electrons. The monoisotopic (exact) mass is 396 g/mol. The maximum absolute atomic E-state index is 14.6. The van der Waals surface area contributed by atoms with Gasteiger partial charge >= 0.3 is 0 Å². The zero-order chi connectivity index (χ0) is 20.3. The molecule has 28 heavy (non-hydrogen) atoms. The lowest BCUT2D eigenvalue weighted by atomic mass is 10.1. The Kier molecular flexibility index (Phi) is 5.93. The Labute approximate surface area is 161 Å². The predicted octanol–water partition coefficient (Wildman–Crippen LogP) is 3.33. The molecule has 0 aliphatic carbocycles. The first-order chi connectivity index (χ1) is 13.2. The topological polar surface area (TPSA) is 73.5 Å². The summed E-state index contributed by atoms with van der Waals surface area (Å²) >= 11 is 0. The molecule has 1 aromatic carbocycles.